The van der Waals surface area contributed by atoms with Gasteiger partial charge in [-0.05, 0) is 46.5 Å². The van der Waals surface area contributed by atoms with Crippen LogP contribution < -0.4 is 11.1 Å². The summed E-state index contributed by atoms with van der Waals surface area (Å²) in [6, 6.07) is 0. The monoisotopic (exact) mass is 256 g/mol. The highest BCUT2D eigenvalue weighted by Crippen LogP contribution is 2.42. The summed E-state index contributed by atoms with van der Waals surface area (Å²) >= 11 is 0. The van der Waals surface area contributed by atoms with Crippen LogP contribution in [0.25, 0.3) is 0 Å². The Bertz CT molecular complexity index is 326. The zero-order valence-electron chi connectivity index (χ0n) is 11.5. The third-order valence-corrected chi connectivity index (χ3v) is 3.96. The van der Waals surface area contributed by atoms with E-state index in [4.69, 9.17) is 15.2 Å². The number of nitrogens with one attached hydrogen (secondary N) is 1. The van der Waals surface area contributed by atoms with Crippen molar-refractivity contribution in [2.75, 3.05) is 13.2 Å². The van der Waals surface area contributed by atoms with Crippen molar-refractivity contribution in [3.05, 3.63) is 0 Å². The second-order valence-corrected chi connectivity index (χ2v) is 6.52. The lowest BCUT2D eigenvalue weighted by Crippen LogP contribution is -2.72. The van der Waals surface area contributed by atoms with Crippen LogP contribution in [0.5, 0.6) is 0 Å². The Morgan fingerprint density at radius 3 is 2.39 bits per heavy atom. The van der Waals surface area contributed by atoms with Crippen molar-refractivity contribution in [1.29, 1.82) is 0 Å². The fraction of sp³-hybridized carbons (Fsp3) is 0.923. The fourth-order valence-electron chi connectivity index (χ4n) is 2.72. The van der Waals surface area contributed by atoms with Gasteiger partial charge in [-0.3, -0.25) is 0 Å². The second-order valence-electron chi connectivity index (χ2n) is 6.52. The zero-order chi connectivity index (χ0) is 13.4. The standard InChI is InChI=1S/C13H24N2O3/c1-11(2,3)18-10(16)15-13(7-8-17-9-13)12(14)5-4-6-12/h4-9,14H2,1-3H3,(H,15,16). The van der Waals surface area contributed by atoms with E-state index in [-0.39, 0.29) is 5.54 Å². The lowest BCUT2D eigenvalue weighted by molar-refractivity contribution is 0.0227. The van der Waals surface area contributed by atoms with E-state index < -0.39 is 17.2 Å². The van der Waals surface area contributed by atoms with Gasteiger partial charge in [0.25, 0.3) is 0 Å². The first kappa shape index (κ1) is 13.6. The Balaban J connectivity index is 2.05. The van der Waals surface area contributed by atoms with Gasteiger partial charge in [-0.25, -0.2) is 4.79 Å². The van der Waals surface area contributed by atoms with Crippen LogP contribution in [0.1, 0.15) is 46.5 Å². The van der Waals surface area contributed by atoms with Gasteiger partial charge in [-0.2, -0.15) is 0 Å². The van der Waals surface area contributed by atoms with E-state index in [1.165, 1.54) is 0 Å². The van der Waals surface area contributed by atoms with Crippen LogP contribution in [-0.2, 0) is 9.47 Å². The summed E-state index contributed by atoms with van der Waals surface area (Å²) in [4.78, 5) is 12.0. The summed E-state index contributed by atoms with van der Waals surface area (Å²) in [6.45, 7) is 6.70. The summed E-state index contributed by atoms with van der Waals surface area (Å²) in [5, 5.41) is 2.98. The van der Waals surface area contributed by atoms with E-state index in [2.05, 4.69) is 5.32 Å². The van der Waals surface area contributed by atoms with Gasteiger partial charge >= 0.3 is 6.09 Å². The van der Waals surface area contributed by atoms with Crippen molar-refractivity contribution in [2.24, 2.45) is 5.73 Å². The largest absolute Gasteiger partial charge is 0.444 e. The second kappa shape index (κ2) is 4.38. The molecule has 0 aromatic carbocycles. The molecule has 2 rings (SSSR count). The first-order chi connectivity index (χ1) is 8.27. The first-order valence-corrected chi connectivity index (χ1v) is 6.64. The van der Waals surface area contributed by atoms with Gasteiger partial charge in [-0.15, -0.1) is 0 Å². The SMILES string of the molecule is CC(C)(C)OC(=O)NC1(C2(N)CCC2)CCOC1. The van der Waals surface area contributed by atoms with Crippen LogP contribution in [0.2, 0.25) is 0 Å². The van der Waals surface area contributed by atoms with Crippen molar-refractivity contribution in [2.45, 2.75) is 63.1 Å². The molecule has 2 aliphatic rings. The van der Waals surface area contributed by atoms with E-state index in [0.29, 0.717) is 13.2 Å². The molecule has 1 aliphatic heterocycles. The molecule has 1 aliphatic carbocycles. The molecule has 104 valence electrons. The van der Waals surface area contributed by atoms with Gasteiger partial charge in [0.1, 0.15) is 5.60 Å². The summed E-state index contributed by atoms with van der Waals surface area (Å²) in [5.74, 6) is 0. The number of amides is 1. The van der Waals surface area contributed by atoms with Crippen LogP contribution in [0.3, 0.4) is 0 Å². The predicted octanol–water partition coefficient (Wildman–Crippen LogP) is 1.55. The highest BCUT2D eigenvalue weighted by molar-refractivity contribution is 5.69. The minimum Gasteiger partial charge on any atom is -0.444 e. The Morgan fingerprint density at radius 1 is 1.33 bits per heavy atom. The molecular weight excluding hydrogens is 232 g/mol. The maximum atomic E-state index is 12.0. The molecule has 3 N–H and O–H groups in total. The molecule has 0 aromatic heterocycles. The predicted molar refractivity (Wildman–Crippen MR) is 68.3 cm³/mol. The van der Waals surface area contributed by atoms with Crippen molar-refractivity contribution >= 4 is 6.09 Å². The Kier molecular flexibility index (Phi) is 3.32. The number of carbonyl (C=O) groups is 1. The number of nitrogens with two attached hydrogens (primary N) is 1. The van der Waals surface area contributed by atoms with E-state index in [1.54, 1.807) is 0 Å². The van der Waals surface area contributed by atoms with E-state index >= 15 is 0 Å². The molecular formula is C13H24N2O3. The number of rotatable bonds is 2. The molecule has 0 spiro atoms. The van der Waals surface area contributed by atoms with E-state index in [1.807, 2.05) is 20.8 Å². The maximum absolute atomic E-state index is 12.0. The molecule has 0 bridgehead atoms. The first-order valence-electron chi connectivity index (χ1n) is 6.64. The highest BCUT2D eigenvalue weighted by atomic mass is 16.6. The molecule has 1 unspecified atom stereocenters. The molecule has 0 radical (unpaired) electrons. The summed E-state index contributed by atoms with van der Waals surface area (Å²) < 4.78 is 10.8. The van der Waals surface area contributed by atoms with Crippen LogP contribution in [0.4, 0.5) is 4.79 Å². The normalized spacial score (nSPS) is 30.7. The Labute approximate surface area is 108 Å². The third-order valence-electron chi connectivity index (χ3n) is 3.96. The smallest absolute Gasteiger partial charge is 0.408 e. The van der Waals surface area contributed by atoms with Crippen molar-refractivity contribution in [3.63, 3.8) is 0 Å². The maximum Gasteiger partial charge on any atom is 0.408 e. The fourth-order valence-corrected chi connectivity index (χ4v) is 2.72. The van der Waals surface area contributed by atoms with Gasteiger partial charge in [-0.1, -0.05) is 0 Å². The molecule has 1 atom stereocenters. The van der Waals surface area contributed by atoms with Gasteiger partial charge in [0, 0.05) is 12.1 Å². The minimum atomic E-state index is -0.494. The van der Waals surface area contributed by atoms with E-state index in [9.17, 15) is 4.79 Å². The molecule has 0 aromatic rings. The van der Waals surface area contributed by atoms with Crippen molar-refractivity contribution in [1.82, 2.24) is 5.32 Å². The molecule has 1 amide bonds. The Hall–Kier alpha value is -0.810. The highest BCUT2D eigenvalue weighted by Gasteiger charge is 2.55. The average molecular weight is 256 g/mol. The van der Waals surface area contributed by atoms with Gasteiger partial charge < -0.3 is 20.5 Å². The average Bonchev–Trinajstić information content (AvgIpc) is 2.60. The third kappa shape index (κ3) is 2.47. The topological polar surface area (TPSA) is 73.6 Å². The van der Waals surface area contributed by atoms with E-state index in [0.717, 1.165) is 25.7 Å². The number of hydrogen-bond donors (Lipinski definition) is 2. The molecule has 18 heavy (non-hydrogen) atoms. The summed E-state index contributed by atoms with van der Waals surface area (Å²) in [5.41, 5.74) is 5.13. The van der Waals surface area contributed by atoms with Gasteiger partial charge in [0.2, 0.25) is 0 Å². The number of hydrogen-bond acceptors (Lipinski definition) is 4. The van der Waals surface area contributed by atoms with Crippen molar-refractivity contribution in [3.8, 4) is 0 Å². The molecule has 5 heteroatoms. The molecule has 5 nitrogen and oxygen atoms in total. The summed E-state index contributed by atoms with van der Waals surface area (Å²) in [7, 11) is 0. The van der Waals surface area contributed by atoms with Crippen molar-refractivity contribution < 1.29 is 14.3 Å². The molecule has 2 fully saturated rings. The zero-order valence-corrected chi connectivity index (χ0v) is 11.5. The summed E-state index contributed by atoms with van der Waals surface area (Å²) in [6.07, 6.45) is 3.36. The number of alkyl carbamates (subject to hydrolysis) is 1. The molecule has 1 saturated heterocycles. The number of ether oxygens (including phenoxy) is 2. The van der Waals surface area contributed by atoms with Gasteiger partial charge in [0.15, 0.2) is 0 Å². The van der Waals surface area contributed by atoms with Gasteiger partial charge in [0.05, 0.1) is 12.1 Å². The van der Waals surface area contributed by atoms with Crippen LogP contribution in [0.15, 0.2) is 0 Å². The van der Waals surface area contributed by atoms with Crippen LogP contribution >= 0.6 is 0 Å². The minimum absolute atomic E-state index is 0.333. The van der Waals surface area contributed by atoms with Crippen LogP contribution in [-0.4, -0.2) is 36.0 Å². The molecule has 1 heterocycles. The number of carbonyl (C=O) groups excluding carboxylic acids is 1. The molecule has 1 saturated carbocycles. The lowest BCUT2D eigenvalue weighted by atomic mass is 9.64. The lowest BCUT2D eigenvalue weighted by Gasteiger charge is -2.51. The van der Waals surface area contributed by atoms with Crippen LogP contribution in [0, 0.1) is 0 Å². The Morgan fingerprint density at radius 2 is 2.00 bits per heavy atom. The quantitative estimate of drug-likeness (QED) is 0.786.